The molecule has 0 aromatic heterocycles. The molecule has 1 fully saturated rings. The first-order valence-electron chi connectivity index (χ1n) is 8.41. The lowest BCUT2D eigenvalue weighted by Crippen LogP contribution is -2.34. The van der Waals surface area contributed by atoms with Gasteiger partial charge in [-0.25, -0.2) is 0 Å². The molecule has 23 heavy (non-hydrogen) atoms. The van der Waals surface area contributed by atoms with Crippen molar-refractivity contribution in [1.82, 2.24) is 5.32 Å². The molecule has 1 aliphatic rings. The fraction of sp³-hybridized carbons (Fsp3) is 0.400. The third kappa shape index (κ3) is 3.92. The van der Waals surface area contributed by atoms with Gasteiger partial charge in [0.05, 0.1) is 6.10 Å². The Labute approximate surface area is 138 Å². The third-order valence-corrected chi connectivity index (χ3v) is 4.84. The molecule has 0 aliphatic carbocycles. The number of nitrogens with one attached hydrogen (secondary N) is 1. The number of rotatable bonds is 5. The molecule has 3 nitrogen and oxygen atoms in total. The fourth-order valence-electron chi connectivity index (χ4n) is 3.41. The third-order valence-electron chi connectivity index (χ3n) is 4.84. The number of benzene rings is 2. The Balaban J connectivity index is 1.55. The Morgan fingerprint density at radius 2 is 1.91 bits per heavy atom. The van der Waals surface area contributed by atoms with Gasteiger partial charge in [-0.2, -0.15) is 0 Å². The summed E-state index contributed by atoms with van der Waals surface area (Å²) in [6, 6.07) is 16.5. The maximum atomic E-state index is 10.6. The van der Waals surface area contributed by atoms with Crippen molar-refractivity contribution in [2.24, 2.45) is 0 Å². The van der Waals surface area contributed by atoms with Crippen LogP contribution in [-0.2, 0) is 6.42 Å². The Bertz CT molecular complexity index is 641. The lowest BCUT2D eigenvalue weighted by Gasteiger charge is -2.21. The molecule has 3 atom stereocenters. The first-order chi connectivity index (χ1) is 11.1. The van der Waals surface area contributed by atoms with Crippen molar-refractivity contribution in [2.75, 3.05) is 0 Å². The van der Waals surface area contributed by atoms with E-state index in [-0.39, 0.29) is 11.8 Å². The van der Waals surface area contributed by atoms with E-state index in [1.165, 1.54) is 5.56 Å². The second-order valence-electron chi connectivity index (χ2n) is 6.56. The number of aliphatic hydroxyl groups is 1. The number of aromatic hydroxyl groups is 1. The molecule has 0 saturated carbocycles. The molecule has 122 valence electrons. The first kappa shape index (κ1) is 16.0. The minimum atomic E-state index is -0.518. The van der Waals surface area contributed by atoms with Gasteiger partial charge in [-0.15, -0.1) is 0 Å². The van der Waals surface area contributed by atoms with Gasteiger partial charge in [0, 0.05) is 12.1 Å². The zero-order chi connectivity index (χ0) is 16.2. The average molecular weight is 311 g/mol. The van der Waals surface area contributed by atoms with Crippen molar-refractivity contribution >= 4 is 0 Å². The topological polar surface area (TPSA) is 52.5 Å². The predicted molar refractivity (Wildman–Crippen MR) is 92.5 cm³/mol. The Kier molecular flexibility index (Phi) is 4.99. The lowest BCUT2D eigenvalue weighted by atomic mass is 9.99. The van der Waals surface area contributed by atoms with Crippen LogP contribution in [0, 0.1) is 6.92 Å². The summed E-state index contributed by atoms with van der Waals surface area (Å²) in [5.41, 5.74) is 3.05. The van der Waals surface area contributed by atoms with Crippen LogP contribution in [0.15, 0.2) is 48.5 Å². The number of phenolic OH excluding ortho intramolecular Hbond substituents is 1. The summed E-state index contributed by atoms with van der Waals surface area (Å²) in [6.45, 7) is 1.86. The lowest BCUT2D eigenvalue weighted by molar-refractivity contribution is 0.135. The highest BCUT2D eigenvalue weighted by atomic mass is 16.3. The zero-order valence-corrected chi connectivity index (χ0v) is 13.6. The predicted octanol–water partition coefficient (Wildman–Crippen LogP) is 3.49. The molecular weight excluding hydrogens is 286 g/mol. The molecule has 2 aromatic carbocycles. The SMILES string of the molecule is Cc1cc(C(O)C2CCC(CCc3ccccc3)N2)ccc1O. The van der Waals surface area contributed by atoms with E-state index in [1.54, 1.807) is 6.07 Å². The van der Waals surface area contributed by atoms with Crippen molar-refractivity contribution in [1.29, 1.82) is 0 Å². The van der Waals surface area contributed by atoms with E-state index >= 15 is 0 Å². The van der Waals surface area contributed by atoms with Crippen LogP contribution in [0.3, 0.4) is 0 Å². The molecule has 0 bridgehead atoms. The van der Waals surface area contributed by atoms with Gasteiger partial charge in [0.1, 0.15) is 5.75 Å². The van der Waals surface area contributed by atoms with E-state index in [4.69, 9.17) is 0 Å². The standard InChI is InChI=1S/C20H25NO2/c1-14-13-16(8-12-19(14)22)20(23)18-11-10-17(21-18)9-7-15-5-3-2-4-6-15/h2-6,8,12-13,17-18,20-23H,7,9-11H2,1H3. The van der Waals surface area contributed by atoms with Crippen molar-refractivity contribution in [3.05, 3.63) is 65.2 Å². The van der Waals surface area contributed by atoms with Gasteiger partial charge in [0.15, 0.2) is 0 Å². The van der Waals surface area contributed by atoms with Crippen molar-refractivity contribution in [2.45, 2.75) is 50.8 Å². The van der Waals surface area contributed by atoms with E-state index in [0.29, 0.717) is 6.04 Å². The number of phenols is 1. The Morgan fingerprint density at radius 3 is 2.65 bits per heavy atom. The maximum absolute atomic E-state index is 10.6. The van der Waals surface area contributed by atoms with E-state index < -0.39 is 6.10 Å². The van der Waals surface area contributed by atoms with E-state index in [1.807, 2.05) is 25.1 Å². The largest absolute Gasteiger partial charge is 0.508 e. The highest BCUT2D eigenvalue weighted by molar-refractivity contribution is 5.36. The van der Waals surface area contributed by atoms with Crippen LogP contribution < -0.4 is 5.32 Å². The summed E-state index contributed by atoms with van der Waals surface area (Å²) < 4.78 is 0. The molecule has 1 heterocycles. The number of hydrogen-bond donors (Lipinski definition) is 3. The molecule has 3 N–H and O–H groups in total. The van der Waals surface area contributed by atoms with Crippen LogP contribution in [0.1, 0.15) is 42.1 Å². The molecule has 1 saturated heterocycles. The van der Waals surface area contributed by atoms with Crippen LogP contribution in [0.5, 0.6) is 5.75 Å². The van der Waals surface area contributed by atoms with Crippen molar-refractivity contribution < 1.29 is 10.2 Å². The molecule has 2 aromatic rings. The van der Waals surface area contributed by atoms with Crippen LogP contribution in [-0.4, -0.2) is 22.3 Å². The molecule has 1 aliphatic heterocycles. The van der Waals surface area contributed by atoms with Gasteiger partial charge in [0.25, 0.3) is 0 Å². The highest BCUT2D eigenvalue weighted by Gasteiger charge is 2.29. The summed E-state index contributed by atoms with van der Waals surface area (Å²) in [4.78, 5) is 0. The van der Waals surface area contributed by atoms with Crippen molar-refractivity contribution in [3.63, 3.8) is 0 Å². The molecule has 0 amide bonds. The smallest absolute Gasteiger partial charge is 0.118 e. The van der Waals surface area contributed by atoms with Gasteiger partial charge >= 0.3 is 0 Å². The van der Waals surface area contributed by atoms with E-state index in [2.05, 4.69) is 29.6 Å². The van der Waals surface area contributed by atoms with E-state index in [9.17, 15) is 10.2 Å². The molecule has 0 spiro atoms. The Morgan fingerprint density at radius 1 is 1.13 bits per heavy atom. The minimum Gasteiger partial charge on any atom is -0.508 e. The van der Waals surface area contributed by atoms with Crippen LogP contribution in [0.25, 0.3) is 0 Å². The number of hydrogen-bond acceptors (Lipinski definition) is 3. The second-order valence-corrected chi connectivity index (χ2v) is 6.56. The summed E-state index contributed by atoms with van der Waals surface area (Å²) >= 11 is 0. The quantitative estimate of drug-likeness (QED) is 0.792. The number of aryl methyl sites for hydroxylation is 2. The van der Waals surface area contributed by atoms with E-state index in [0.717, 1.165) is 36.8 Å². The molecule has 3 unspecified atom stereocenters. The first-order valence-corrected chi connectivity index (χ1v) is 8.41. The second kappa shape index (κ2) is 7.16. The van der Waals surface area contributed by atoms with Crippen LogP contribution >= 0.6 is 0 Å². The summed E-state index contributed by atoms with van der Waals surface area (Å²) in [5, 5.41) is 23.8. The summed E-state index contributed by atoms with van der Waals surface area (Å²) in [5.74, 6) is 0.279. The molecule has 3 rings (SSSR count). The molecule has 0 radical (unpaired) electrons. The summed E-state index contributed by atoms with van der Waals surface area (Å²) in [6.07, 6.45) is 3.74. The normalized spacial score (nSPS) is 22.2. The minimum absolute atomic E-state index is 0.0970. The molecular formula is C20H25NO2. The van der Waals surface area contributed by atoms with Gasteiger partial charge < -0.3 is 15.5 Å². The number of aliphatic hydroxyl groups excluding tert-OH is 1. The monoisotopic (exact) mass is 311 g/mol. The highest BCUT2D eigenvalue weighted by Crippen LogP contribution is 2.29. The van der Waals surface area contributed by atoms with Crippen molar-refractivity contribution in [3.8, 4) is 5.75 Å². The van der Waals surface area contributed by atoms with Gasteiger partial charge in [-0.05, 0) is 61.4 Å². The van der Waals surface area contributed by atoms with Gasteiger partial charge in [-0.1, -0.05) is 36.4 Å². The van der Waals surface area contributed by atoms with Crippen LogP contribution in [0.2, 0.25) is 0 Å². The summed E-state index contributed by atoms with van der Waals surface area (Å²) in [7, 11) is 0. The fourth-order valence-corrected chi connectivity index (χ4v) is 3.41. The van der Waals surface area contributed by atoms with Gasteiger partial charge in [-0.3, -0.25) is 0 Å². The Hall–Kier alpha value is -1.84. The average Bonchev–Trinajstić information content (AvgIpc) is 3.05. The maximum Gasteiger partial charge on any atom is 0.118 e. The van der Waals surface area contributed by atoms with Crippen LogP contribution in [0.4, 0.5) is 0 Å². The molecule has 3 heteroatoms. The van der Waals surface area contributed by atoms with Gasteiger partial charge in [0.2, 0.25) is 0 Å². The zero-order valence-electron chi connectivity index (χ0n) is 13.6.